The van der Waals surface area contributed by atoms with Gasteiger partial charge in [-0.1, -0.05) is 18.5 Å². The molecule has 3 N–H and O–H groups in total. The first kappa shape index (κ1) is 16.8. The molecule has 122 valence electrons. The summed E-state index contributed by atoms with van der Waals surface area (Å²) in [7, 11) is 1.75. The number of urea groups is 1. The number of carbonyl (C=O) groups excluding carboxylic acids is 2. The van der Waals surface area contributed by atoms with E-state index in [1.807, 2.05) is 6.92 Å². The van der Waals surface area contributed by atoms with Gasteiger partial charge in [-0.2, -0.15) is 5.10 Å². The molecular formula is C15H18ClN5O2. The number of amides is 3. The summed E-state index contributed by atoms with van der Waals surface area (Å²) in [6.07, 6.45) is 4.40. The van der Waals surface area contributed by atoms with E-state index in [0.29, 0.717) is 28.5 Å². The van der Waals surface area contributed by atoms with E-state index in [9.17, 15) is 9.59 Å². The summed E-state index contributed by atoms with van der Waals surface area (Å²) in [4.78, 5) is 23.6. The second-order valence-electron chi connectivity index (χ2n) is 4.97. The van der Waals surface area contributed by atoms with Crippen LogP contribution in [-0.4, -0.2) is 21.7 Å². The zero-order valence-corrected chi connectivity index (χ0v) is 13.6. The first-order chi connectivity index (χ1) is 11.0. The molecule has 1 aromatic carbocycles. The van der Waals surface area contributed by atoms with Crippen molar-refractivity contribution < 1.29 is 9.59 Å². The van der Waals surface area contributed by atoms with Gasteiger partial charge in [0.2, 0.25) is 5.91 Å². The SMILES string of the molecule is CCCC(=O)Nc1ccc(Cl)c(NC(=O)Nc2cnn(C)c2)c1. The number of carbonyl (C=O) groups is 2. The molecule has 0 saturated heterocycles. The number of anilines is 3. The van der Waals surface area contributed by atoms with Crippen molar-refractivity contribution in [3.8, 4) is 0 Å². The fourth-order valence-electron chi connectivity index (χ4n) is 1.92. The number of benzene rings is 1. The highest BCUT2D eigenvalue weighted by Gasteiger charge is 2.09. The van der Waals surface area contributed by atoms with Crippen LogP contribution in [0, 0.1) is 0 Å². The number of hydrogen-bond acceptors (Lipinski definition) is 3. The van der Waals surface area contributed by atoms with E-state index in [0.717, 1.165) is 6.42 Å². The van der Waals surface area contributed by atoms with Crippen LogP contribution in [0.15, 0.2) is 30.6 Å². The van der Waals surface area contributed by atoms with E-state index in [2.05, 4.69) is 21.0 Å². The quantitative estimate of drug-likeness (QED) is 0.781. The Morgan fingerprint density at radius 3 is 2.65 bits per heavy atom. The maximum absolute atomic E-state index is 12.0. The van der Waals surface area contributed by atoms with Gasteiger partial charge in [0, 0.05) is 25.4 Å². The maximum atomic E-state index is 12.0. The van der Waals surface area contributed by atoms with Gasteiger partial charge in [0.15, 0.2) is 0 Å². The number of nitrogens with zero attached hydrogens (tertiary/aromatic N) is 2. The Bertz CT molecular complexity index is 714. The highest BCUT2D eigenvalue weighted by molar-refractivity contribution is 6.34. The van der Waals surface area contributed by atoms with Crippen LogP contribution in [0.5, 0.6) is 0 Å². The predicted octanol–water partition coefficient (Wildman–Crippen LogP) is 3.46. The van der Waals surface area contributed by atoms with Crippen molar-refractivity contribution in [3.05, 3.63) is 35.6 Å². The van der Waals surface area contributed by atoms with Gasteiger partial charge in [-0.15, -0.1) is 0 Å². The largest absolute Gasteiger partial charge is 0.326 e. The lowest BCUT2D eigenvalue weighted by atomic mass is 10.2. The molecule has 0 atom stereocenters. The van der Waals surface area contributed by atoms with Crippen LogP contribution in [0.4, 0.5) is 21.9 Å². The summed E-state index contributed by atoms with van der Waals surface area (Å²) in [6, 6.07) is 4.46. The topological polar surface area (TPSA) is 88.1 Å². The van der Waals surface area contributed by atoms with Crippen LogP contribution < -0.4 is 16.0 Å². The van der Waals surface area contributed by atoms with E-state index in [1.165, 1.54) is 6.20 Å². The molecule has 0 bridgehead atoms. The van der Waals surface area contributed by atoms with E-state index in [4.69, 9.17) is 11.6 Å². The minimum Gasteiger partial charge on any atom is -0.326 e. The molecule has 0 aliphatic rings. The zero-order valence-electron chi connectivity index (χ0n) is 12.9. The van der Waals surface area contributed by atoms with Crippen LogP contribution in [0.2, 0.25) is 5.02 Å². The number of halogens is 1. The molecule has 7 nitrogen and oxygen atoms in total. The normalized spacial score (nSPS) is 10.2. The zero-order chi connectivity index (χ0) is 16.8. The second kappa shape index (κ2) is 7.64. The molecular weight excluding hydrogens is 318 g/mol. The van der Waals surface area contributed by atoms with Gasteiger partial charge in [-0.3, -0.25) is 9.48 Å². The molecule has 0 aliphatic heterocycles. The Kier molecular flexibility index (Phi) is 5.59. The first-order valence-electron chi connectivity index (χ1n) is 7.14. The van der Waals surface area contributed by atoms with E-state index in [1.54, 1.807) is 36.1 Å². The molecule has 0 saturated carbocycles. The Morgan fingerprint density at radius 2 is 2.00 bits per heavy atom. The lowest BCUT2D eigenvalue weighted by Gasteiger charge is -2.11. The summed E-state index contributed by atoms with van der Waals surface area (Å²) < 4.78 is 1.58. The average molecular weight is 336 g/mol. The Hall–Kier alpha value is -2.54. The van der Waals surface area contributed by atoms with Gasteiger partial charge in [0.1, 0.15) is 0 Å². The maximum Gasteiger partial charge on any atom is 0.323 e. The first-order valence-corrected chi connectivity index (χ1v) is 7.51. The molecule has 0 unspecified atom stereocenters. The van der Waals surface area contributed by atoms with Gasteiger partial charge >= 0.3 is 6.03 Å². The Morgan fingerprint density at radius 1 is 1.22 bits per heavy atom. The summed E-state index contributed by atoms with van der Waals surface area (Å²) in [5, 5.41) is 12.4. The van der Waals surface area contributed by atoms with Crippen molar-refractivity contribution in [1.82, 2.24) is 9.78 Å². The Labute approximate surface area is 139 Å². The summed E-state index contributed by atoms with van der Waals surface area (Å²) >= 11 is 6.07. The highest BCUT2D eigenvalue weighted by Crippen LogP contribution is 2.26. The Balaban J connectivity index is 2.03. The number of hydrogen-bond donors (Lipinski definition) is 3. The summed E-state index contributed by atoms with van der Waals surface area (Å²) in [5.41, 5.74) is 1.54. The minimum atomic E-state index is -0.447. The number of aromatic nitrogens is 2. The lowest BCUT2D eigenvalue weighted by Crippen LogP contribution is -2.19. The number of rotatable bonds is 5. The molecule has 0 fully saturated rings. The minimum absolute atomic E-state index is 0.0828. The molecule has 1 heterocycles. The lowest BCUT2D eigenvalue weighted by molar-refractivity contribution is -0.116. The van der Waals surface area contributed by atoms with Gasteiger partial charge in [-0.25, -0.2) is 4.79 Å². The number of nitrogens with one attached hydrogen (secondary N) is 3. The van der Waals surface area contributed by atoms with E-state index >= 15 is 0 Å². The van der Waals surface area contributed by atoms with Crippen molar-refractivity contribution in [3.63, 3.8) is 0 Å². The molecule has 2 rings (SSSR count). The fourth-order valence-corrected chi connectivity index (χ4v) is 2.08. The van der Waals surface area contributed by atoms with Crippen LogP contribution in [-0.2, 0) is 11.8 Å². The molecule has 0 radical (unpaired) electrons. The third-order valence-corrected chi connectivity index (χ3v) is 3.27. The van der Waals surface area contributed by atoms with Crippen LogP contribution >= 0.6 is 11.6 Å². The second-order valence-corrected chi connectivity index (χ2v) is 5.38. The predicted molar refractivity (Wildman–Crippen MR) is 90.8 cm³/mol. The average Bonchev–Trinajstić information content (AvgIpc) is 2.88. The molecule has 8 heteroatoms. The van der Waals surface area contributed by atoms with Crippen LogP contribution in [0.25, 0.3) is 0 Å². The summed E-state index contributed by atoms with van der Waals surface area (Å²) in [6.45, 7) is 1.93. The van der Waals surface area contributed by atoms with Crippen LogP contribution in [0.3, 0.4) is 0 Å². The highest BCUT2D eigenvalue weighted by atomic mass is 35.5. The monoisotopic (exact) mass is 335 g/mol. The smallest absolute Gasteiger partial charge is 0.323 e. The van der Waals surface area contributed by atoms with Crippen molar-refractivity contribution in [2.24, 2.45) is 7.05 Å². The van der Waals surface area contributed by atoms with Crippen molar-refractivity contribution in [2.45, 2.75) is 19.8 Å². The van der Waals surface area contributed by atoms with Gasteiger partial charge in [0.05, 0.1) is 22.6 Å². The molecule has 2 aromatic rings. The van der Waals surface area contributed by atoms with Crippen molar-refractivity contribution in [1.29, 1.82) is 0 Å². The standard InChI is InChI=1S/C15H18ClN5O2/c1-3-4-14(22)18-10-5-6-12(16)13(7-10)20-15(23)19-11-8-17-21(2)9-11/h5-9H,3-4H2,1-2H3,(H,18,22)(H2,19,20,23). The molecule has 0 spiro atoms. The van der Waals surface area contributed by atoms with Gasteiger partial charge < -0.3 is 16.0 Å². The van der Waals surface area contributed by atoms with E-state index < -0.39 is 6.03 Å². The van der Waals surface area contributed by atoms with Crippen molar-refractivity contribution >= 4 is 40.6 Å². The number of aryl methyl sites for hydroxylation is 1. The molecule has 23 heavy (non-hydrogen) atoms. The van der Waals surface area contributed by atoms with Crippen LogP contribution in [0.1, 0.15) is 19.8 Å². The third-order valence-electron chi connectivity index (χ3n) is 2.94. The molecule has 3 amide bonds. The molecule has 0 aliphatic carbocycles. The van der Waals surface area contributed by atoms with E-state index in [-0.39, 0.29) is 5.91 Å². The van der Waals surface area contributed by atoms with Gasteiger partial charge in [-0.05, 0) is 24.6 Å². The fraction of sp³-hybridized carbons (Fsp3) is 0.267. The van der Waals surface area contributed by atoms with Crippen molar-refractivity contribution in [2.75, 3.05) is 16.0 Å². The molecule has 1 aromatic heterocycles. The third kappa shape index (κ3) is 5.00. The van der Waals surface area contributed by atoms with Gasteiger partial charge in [0.25, 0.3) is 0 Å². The summed E-state index contributed by atoms with van der Waals surface area (Å²) in [5.74, 6) is -0.0828.